The fourth-order valence-electron chi connectivity index (χ4n) is 3.07. The molecule has 1 heterocycles. The summed E-state index contributed by atoms with van der Waals surface area (Å²) in [5.74, 6) is 0.464. The number of ketones is 2. The highest BCUT2D eigenvalue weighted by molar-refractivity contribution is 6.07. The van der Waals surface area contributed by atoms with Crippen molar-refractivity contribution in [3.05, 3.63) is 29.3 Å². The second kappa shape index (κ2) is 5.91. The minimum absolute atomic E-state index is 0.0272. The Morgan fingerprint density at radius 1 is 1.27 bits per heavy atom. The monoisotopic (exact) mass is 301 g/mol. The predicted octanol–water partition coefficient (Wildman–Crippen LogP) is 2.12. The summed E-state index contributed by atoms with van der Waals surface area (Å²) in [4.78, 5) is 37.5. The Kier molecular flexibility index (Phi) is 3.96. The number of Topliss-reactive ketones (excluding diaryl/α,β-unsaturated/α-hetero) is 2. The number of fused-ring (bicyclic) bond motifs is 1. The highest BCUT2D eigenvalue weighted by Gasteiger charge is 2.38. The van der Waals surface area contributed by atoms with Crippen molar-refractivity contribution in [2.24, 2.45) is 0 Å². The third-order valence-corrected chi connectivity index (χ3v) is 4.20. The quantitative estimate of drug-likeness (QED) is 0.799. The van der Waals surface area contributed by atoms with E-state index in [9.17, 15) is 14.4 Å². The molecule has 2 aliphatic rings. The zero-order chi connectivity index (χ0) is 15.7. The Hall–Kier alpha value is -2.17. The lowest BCUT2D eigenvalue weighted by atomic mass is 9.92. The van der Waals surface area contributed by atoms with Crippen LogP contribution in [0.1, 0.15) is 48.5 Å². The van der Waals surface area contributed by atoms with E-state index >= 15 is 0 Å². The van der Waals surface area contributed by atoms with E-state index in [4.69, 9.17) is 4.74 Å². The van der Waals surface area contributed by atoms with E-state index in [2.05, 4.69) is 0 Å². The predicted molar refractivity (Wildman–Crippen MR) is 79.8 cm³/mol. The topological polar surface area (TPSA) is 63.7 Å². The molecule has 1 saturated carbocycles. The fourth-order valence-corrected chi connectivity index (χ4v) is 3.07. The summed E-state index contributed by atoms with van der Waals surface area (Å²) in [7, 11) is 0. The Bertz CT molecular complexity index is 638. The van der Waals surface area contributed by atoms with Gasteiger partial charge in [0.25, 0.3) is 5.91 Å². The SMILES string of the molecule is CCCOc1ccc2c(c1)CN(C1CCC(=O)CC1=O)C2=O. The number of rotatable bonds is 4. The molecule has 5 nitrogen and oxygen atoms in total. The zero-order valence-corrected chi connectivity index (χ0v) is 12.6. The van der Waals surface area contributed by atoms with E-state index < -0.39 is 6.04 Å². The molecule has 0 bridgehead atoms. The Morgan fingerprint density at radius 3 is 2.82 bits per heavy atom. The van der Waals surface area contributed by atoms with Gasteiger partial charge in [0.2, 0.25) is 0 Å². The first-order valence-electron chi connectivity index (χ1n) is 7.71. The summed E-state index contributed by atoms with van der Waals surface area (Å²) in [6, 6.07) is 4.97. The molecule has 3 rings (SSSR count). The Morgan fingerprint density at radius 2 is 2.09 bits per heavy atom. The van der Waals surface area contributed by atoms with Crippen LogP contribution in [0.3, 0.4) is 0 Å². The van der Waals surface area contributed by atoms with Crippen molar-refractivity contribution in [2.75, 3.05) is 6.61 Å². The van der Waals surface area contributed by atoms with Gasteiger partial charge in [-0.3, -0.25) is 14.4 Å². The smallest absolute Gasteiger partial charge is 0.255 e. The number of nitrogens with zero attached hydrogens (tertiary/aromatic N) is 1. The van der Waals surface area contributed by atoms with Crippen LogP contribution in [0.25, 0.3) is 0 Å². The zero-order valence-electron chi connectivity index (χ0n) is 12.6. The third kappa shape index (κ3) is 2.63. The number of benzene rings is 1. The first-order chi connectivity index (χ1) is 10.6. The number of carbonyl (C=O) groups is 3. The maximum atomic E-state index is 12.5. The molecule has 1 amide bonds. The van der Waals surface area contributed by atoms with Gasteiger partial charge in [0.15, 0.2) is 5.78 Å². The highest BCUT2D eigenvalue weighted by atomic mass is 16.5. The molecular formula is C17H19NO4. The maximum absolute atomic E-state index is 12.5. The molecule has 1 fully saturated rings. The van der Waals surface area contributed by atoms with Crippen LogP contribution in [0.5, 0.6) is 5.75 Å². The third-order valence-electron chi connectivity index (χ3n) is 4.20. The molecule has 116 valence electrons. The lowest BCUT2D eigenvalue weighted by molar-refractivity contribution is -0.133. The Labute approximate surface area is 129 Å². The van der Waals surface area contributed by atoms with Gasteiger partial charge < -0.3 is 9.64 Å². The van der Waals surface area contributed by atoms with E-state index in [-0.39, 0.29) is 23.9 Å². The Balaban J connectivity index is 1.78. The average Bonchev–Trinajstić information content (AvgIpc) is 2.82. The summed E-state index contributed by atoms with van der Waals surface area (Å²) in [6.45, 7) is 3.09. The second-order valence-corrected chi connectivity index (χ2v) is 5.84. The minimum atomic E-state index is -0.461. The summed E-state index contributed by atoms with van der Waals surface area (Å²) in [6.07, 6.45) is 1.69. The van der Waals surface area contributed by atoms with Crippen molar-refractivity contribution in [1.29, 1.82) is 0 Å². The molecule has 0 radical (unpaired) electrons. The largest absolute Gasteiger partial charge is 0.494 e. The minimum Gasteiger partial charge on any atom is -0.494 e. The molecule has 0 aromatic heterocycles. The molecule has 22 heavy (non-hydrogen) atoms. The summed E-state index contributed by atoms with van der Waals surface area (Å²) < 4.78 is 5.59. The molecule has 1 atom stereocenters. The van der Waals surface area contributed by atoms with Crippen LogP contribution in [0, 0.1) is 0 Å². The lowest BCUT2D eigenvalue weighted by Crippen LogP contribution is -2.44. The van der Waals surface area contributed by atoms with Crippen LogP contribution in [-0.4, -0.2) is 35.0 Å². The number of hydrogen-bond donors (Lipinski definition) is 0. The van der Waals surface area contributed by atoms with Gasteiger partial charge in [-0.05, 0) is 36.6 Å². The van der Waals surface area contributed by atoms with Gasteiger partial charge in [-0.15, -0.1) is 0 Å². The average molecular weight is 301 g/mol. The molecule has 1 aromatic rings. The molecule has 5 heteroatoms. The molecular weight excluding hydrogens is 282 g/mol. The number of hydrogen-bond acceptors (Lipinski definition) is 4. The van der Waals surface area contributed by atoms with Crippen molar-refractivity contribution < 1.29 is 19.1 Å². The summed E-state index contributed by atoms with van der Waals surface area (Å²) >= 11 is 0. The number of carbonyl (C=O) groups excluding carboxylic acids is 3. The van der Waals surface area contributed by atoms with E-state index in [1.165, 1.54) is 0 Å². The van der Waals surface area contributed by atoms with E-state index in [0.717, 1.165) is 17.7 Å². The van der Waals surface area contributed by atoms with Crippen LogP contribution in [0.4, 0.5) is 0 Å². The van der Waals surface area contributed by atoms with Crippen molar-refractivity contribution in [2.45, 2.75) is 45.2 Å². The van der Waals surface area contributed by atoms with Crippen LogP contribution < -0.4 is 4.74 Å². The van der Waals surface area contributed by atoms with Crippen LogP contribution in [0.15, 0.2) is 18.2 Å². The fraction of sp³-hybridized carbons (Fsp3) is 0.471. The van der Waals surface area contributed by atoms with Gasteiger partial charge in [0.05, 0.1) is 19.1 Å². The lowest BCUT2D eigenvalue weighted by Gasteiger charge is -2.29. The standard InChI is InChI=1S/C17H19NO4/c1-2-7-22-13-4-5-14-11(8-13)10-18(17(14)21)15-6-3-12(19)9-16(15)20/h4-5,8,15H,2-3,6-7,9-10H2,1H3. The molecule has 1 aliphatic carbocycles. The van der Waals surface area contributed by atoms with Gasteiger partial charge >= 0.3 is 0 Å². The van der Waals surface area contributed by atoms with Crippen molar-refractivity contribution in [3.63, 3.8) is 0 Å². The van der Waals surface area contributed by atoms with Crippen molar-refractivity contribution in [1.82, 2.24) is 4.90 Å². The molecule has 0 N–H and O–H groups in total. The molecule has 1 unspecified atom stereocenters. The summed E-state index contributed by atoms with van der Waals surface area (Å²) in [5, 5.41) is 0. The molecule has 0 saturated heterocycles. The van der Waals surface area contributed by atoms with E-state index in [0.29, 0.717) is 31.6 Å². The number of amides is 1. The first kappa shape index (κ1) is 14.8. The van der Waals surface area contributed by atoms with Crippen LogP contribution in [-0.2, 0) is 16.1 Å². The molecule has 1 aromatic carbocycles. The van der Waals surface area contributed by atoms with Gasteiger partial charge in [-0.1, -0.05) is 6.92 Å². The number of ether oxygens (including phenoxy) is 1. The summed E-state index contributed by atoms with van der Waals surface area (Å²) in [5.41, 5.74) is 1.52. The highest BCUT2D eigenvalue weighted by Crippen LogP contribution is 2.31. The maximum Gasteiger partial charge on any atom is 0.255 e. The van der Waals surface area contributed by atoms with Gasteiger partial charge in [0.1, 0.15) is 11.5 Å². The van der Waals surface area contributed by atoms with Crippen molar-refractivity contribution in [3.8, 4) is 5.75 Å². The van der Waals surface area contributed by atoms with Gasteiger partial charge in [-0.2, -0.15) is 0 Å². The molecule has 0 spiro atoms. The van der Waals surface area contributed by atoms with Crippen molar-refractivity contribution >= 4 is 17.5 Å². The van der Waals surface area contributed by atoms with Gasteiger partial charge in [0, 0.05) is 18.5 Å². The van der Waals surface area contributed by atoms with Crippen LogP contribution >= 0.6 is 0 Å². The van der Waals surface area contributed by atoms with Crippen LogP contribution in [0.2, 0.25) is 0 Å². The molecule has 1 aliphatic heterocycles. The van der Waals surface area contributed by atoms with Gasteiger partial charge in [-0.25, -0.2) is 0 Å². The first-order valence-corrected chi connectivity index (χ1v) is 7.71. The van der Waals surface area contributed by atoms with E-state index in [1.54, 1.807) is 17.0 Å². The second-order valence-electron chi connectivity index (χ2n) is 5.84. The normalized spacial score (nSPS) is 21.2. The van der Waals surface area contributed by atoms with E-state index in [1.807, 2.05) is 13.0 Å².